The van der Waals surface area contributed by atoms with Gasteiger partial charge in [0.2, 0.25) is 0 Å². The van der Waals surface area contributed by atoms with Crippen molar-refractivity contribution in [3.63, 3.8) is 0 Å². The van der Waals surface area contributed by atoms with Crippen molar-refractivity contribution in [2.75, 3.05) is 13.7 Å². The van der Waals surface area contributed by atoms with Gasteiger partial charge in [-0.2, -0.15) is 0 Å². The molecule has 3 rings (SSSR count). The molecule has 0 spiro atoms. The number of hydrogen-bond donors (Lipinski definition) is 4. The standard InChI is InChI=1S/C26H32Cl2NO11P/c1-15(31)38-21(12-30)23(33)24-22(29)20(32)11-26(39-24,25(34)35-2)40-41(36-13-16-3-7-18(27)8-4-16)37-14-17-5-9-19(28)10-6-17/h3-10,20-24,30,32-33H,11-14,29H2,1-2H3/t20-,21-,22-,23-,24?,26-/m1/s1. The number of ether oxygens (including phenoxy) is 3. The van der Waals surface area contributed by atoms with Gasteiger partial charge >= 0.3 is 20.5 Å². The molecule has 1 aliphatic heterocycles. The Morgan fingerprint density at radius 3 is 2.02 bits per heavy atom. The maximum atomic E-state index is 13.1. The van der Waals surface area contributed by atoms with Crippen molar-refractivity contribution < 1.29 is 52.7 Å². The molecule has 0 aliphatic carbocycles. The van der Waals surface area contributed by atoms with Gasteiger partial charge in [0.25, 0.3) is 5.79 Å². The lowest BCUT2D eigenvalue weighted by atomic mass is 9.89. The van der Waals surface area contributed by atoms with Gasteiger partial charge in [0.15, 0.2) is 6.10 Å². The Morgan fingerprint density at radius 1 is 1.07 bits per heavy atom. The normalized spacial score (nSPS) is 24.1. The molecule has 2 aromatic rings. The molecule has 1 unspecified atom stereocenters. The number of nitrogens with two attached hydrogens (primary N) is 1. The van der Waals surface area contributed by atoms with Gasteiger partial charge in [-0.1, -0.05) is 47.5 Å². The summed E-state index contributed by atoms with van der Waals surface area (Å²) in [6.45, 7) is 0.245. The number of carbonyl (C=O) groups is 2. The van der Waals surface area contributed by atoms with Gasteiger partial charge in [0, 0.05) is 23.4 Å². The van der Waals surface area contributed by atoms with Crippen LogP contribution in [0.2, 0.25) is 10.0 Å². The fourth-order valence-corrected chi connectivity index (χ4v) is 5.30. The first-order chi connectivity index (χ1) is 19.5. The topological polar surface area (TPSA) is 176 Å². The van der Waals surface area contributed by atoms with E-state index in [0.717, 1.165) is 14.0 Å². The fourth-order valence-electron chi connectivity index (χ4n) is 3.92. The molecule has 226 valence electrons. The maximum Gasteiger partial charge on any atom is 0.367 e. The smallest absolute Gasteiger partial charge is 0.367 e. The predicted octanol–water partition coefficient (Wildman–Crippen LogP) is 2.60. The van der Waals surface area contributed by atoms with Crippen molar-refractivity contribution in [3.05, 3.63) is 69.7 Å². The minimum Gasteiger partial charge on any atom is -0.465 e. The van der Waals surface area contributed by atoms with E-state index in [9.17, 15) is 24.9 Å². The summed E-state index contributed by atoms with van der Waals surface area (Å²) in [5.74, 6) is -4.23. The van der Waals surface area contributed by atoms with Crippen molar-refractivity contribution in [3.8, 4) is 0 Å². The lowest BCUT2D eigenvalue weighted by Gasteiger charge is -2.46. The molecule has 1 heterocycles. The van der Waals surface area contributed by atoms with E-state index >= 15 is 0 Å². The van der Waals surface area contributed by atoms with Crippen LogP contribution in [0.25, 0.3) is 0 Å². The molecular formula is C26H32Cl2NO11P. The minimum atomic E-state index is -2.40. The van der Waals surface area contributed by atoms with Crippen molar-refractivity contribution in [1.82, 2.24) is 0 Å². The van der Waals surface area contributed by atoms with Gasteiger partial charge in [0.1, 0.15) is 12.2 Å². The molecule has 15 heteroatoms. The summed E-state index contributed by atoms with van der Waals surface area (Å²) in [5, 5.41) is 32.4. The van der Waals surface area contributed by atoms with Crippen molar-refractivity contribution >= 4 is 43.7 Å². The van der Waals surface area contributed by atoms with E-state index in [1.807, 2.05) is 0 Å². The van der Waals surface area contributed by atoms with Gasteiger partial charge in [-0.05, 0) is 35.4 Å². The third-order valence-electron chi connectivity index (χ3n) is 6.06. The molecular weight excluding hydrogens is 604 g/mol. The van der Waals surface area contributed by atoms with Crippen LogP contribution >= 0.6 is 31.8 Å². The number of aliphatic hydroxyl groups excluding tert-OH is 3. The fraction of sp³-hybridized carbons (Fsp3) is 0.462. The Morgan fingerprint density at radius 2 is 1.59 bits per heavy atom. The van der Waals surface area contributed by atoms with Crippen LogP contribution in [0.1, 0.15) is 24.5 Å². The summed E-state index contributed by atoms with van der Waals surface area (Å²) in [7, 11) is -1.32. The van der Waals surface area contributed by atoms with Crippen LogP contribution in [-0.4, -0.2) is 77.2 Å². The second-order valence-electron chi connectivity index (χ2n) is 9.11. The van der Waals surface area contributed by atoms with Crippen LogP contribution < -0.4 is 5.73 Å². The molecule has 1 fully saturated rings. The average Bonchev–Trinajstić information content (AvgIpc) is 2.95. The number of hydrogen-bond acceptors (Lipinski definition) is 12. The van der Waals surface area contributed by atoms with Crippen LogP contribution in [0.4, 0.5) is 0 Å². The summed E-state index contributed by atoms with van der Waals surface area (Å²) in [5.41, 5.74) is 7.51. The number of carbonyl (C=O) groups excluding carboxylic acids is 2. The minimum absolute atomic E-state index is 0.0199. The lowest BCUT2D eigenvalue weighted by molar-refractivity contribution is -0.286. The summed E-state index contributed by atoms with van der Waals surface area (Å²) in [6.07, 6.45) is -6.79. The zero-order valence-electron chi connectivity index (χ0n) is 22.2. The van der Waals surface area contributed by atoms with E-state index in [1.165, 1.54) is 0 Å². The van der Waals surface area contributed by atoms with Crippen LogP contribution in [0, 0.1) is 0 Å². The molecule has 0 amide bonds. The SMILES string of the molecule is COC(=O)[C@]1(OP(OCc2ccc(Cl)cc2)OCc2ccc(Cl)cc2)C[C@@H](O)[C@@H](N)C([C@H](O)[C@@H](CO)OC(C)=O)O1. The molecule has 0 aromatic heterocycles. The van der Waals surface area contributed by atoms with Crippen LogP contribution in [0.3, 0.4) is 0 Å². The summed E-state index contributed by atoms with van der Waals surface area (Å²) < 4.78 is 33.5. The number of aliphatic hydroxyl groups is 3. The van der Waals surface area contributed by atoms with Crippen molar-refractivity contribution in [2.24, 2.45) is 5.73 Å². The third-order valence-corrected chi connectivity index (χ3v) is 7.69. The van der Waals surface area contributed by atoms with Crippen molar-refractivity contribution in [2.45, 2.75) is 62.8 Å². The quantitative estimate of drug-likeness (QED) is 0.187. The largest absolute Gasteiger partial charge is 0.465 e. The van der Waals surface area contributed by atoms with Crippen molar-refractivity contribution in [1.29, 1.82) is 0 Å². The van der Waals surface area contributed by atoms with E-state index in [0.29, 0.717) is 21.2 Å². The predicted molar refractivity (Wildman–Crippen MR) is 147 cm³/mol. The van der Waals surface area contributed by atoms with Gasteiger partial charge in [-0.15, -0.1) is 0 Å². The summed E-state index contributed by atoms with van der Waals surface area (Å²) >= 11 is 11.9. The van der Waals surface area contributed by atoms with E-state index in [1.54, 1.807) is 48.5 Å². The number of methoxy groups -OCH3 is 1. The van der Waals surface area contributed by atoms with Gasteiger partial charge in [0.05, 0.1) is 39.1 Å². The van der Waals surface area contributed by atoms with E-state index in [2.05, 4.69) is 0 Å². The van der Waals surface area contributed by atoms with E-state index < -0.39 is 69.8 Å². The Bertz CT molecular complexity index is 1090. The Balaban J connectivity index is 1.89. The zero-order chi connectivity index (χ0) is 30.2. The van der Waals surface area contributed by atoms with Gasteiger partial charge in [-0.3, -0.25) is 9.32 Å². The van der Waals surface area contributed by atoms with Gasteiger partial charge < -0.3 is 44.3 Å². The first-order valence-corrected chi connectivity index (χ1v) is 14.2. The highest BCUT2D eigenvalue weighted by Crippen LogP contribution is 2.49. The van der Waals surface area contributed by atoms with E-state index in [4.69, 9.17) is 56.7 Å². The van der Waals surface area contributed by atoms with Gasteiger partial charge in [-0.25, -0.2) is 4.79 Å². The Kier molecular flexibility index (Phi) is 12.7. The third kappa shape index (κ3) is 9.28. The number of halogens is 2. The Labute approximate surface area is 248 Å². The molecule has 0 bridgehead atoms. The second kappa shape index (κ2) is 15.5. The molecule has 1 aliphatic rings. The second-order valence-corrected chi connectivity index (χ2v) is 11.1. The first-order valence-electron chi connectivity index (χ1n) is 12.4. The molecule has 2 aromatic carbocycles. The molecule has 5 N–H and O–H groups in total. The highest BCUT2D eigenvalue weighted by Gasteiger charge is 2.57. The highest BCUT2D eigenvalue weighted by molar-refractivity contribution is 7.41. The first kappa shape index (κ1) is 33.6. The number of esters is 2. The summed E-state index contributed by atoms with van der Waals surface area (Å²) in [4.78, 5) is 24.6. The monoisotopic (exact) mass is 635 g/mol. The molecule has 0 radical (unpaired) electrons. The van der Waals surface area contributed by atoms with Crippen LogP contribution in [-0.2, 0) is 50.6 Å². The maximum absolute atomic E-state index is 13.1. The Hall–Kier alpha value is -1.93. The zero-order valence-corrected chi connectivity index (χ0v) is 24.6. The molecule has 6 atom stereocenters. The van der Waals surface area contributed by atoms with Crippen LogP contribution in [0.15, 0.2) is 48.5 Å². The lowest BCUT2D eigenvalue weighted by Crippen LogP contribution is -2.66. The molecule has 41 heavy (non-hydrogen) atoms. The van der Waals surface area contributed by atoms with Crippen LogP contribution in [0.5, 0.6) is 0 Å². The molecule has 1 saturated heterocycles. The summed E-state index contributed by atoms with van der Waals surface area (Å²) in [6, 6.07) is 12.3. The average molecular weight is 636 g/mol. The molecule has 12 nitrogen and oxygen atoms in total. The highest BCUT2D eigenvalue weighted by atomic mass is 35.5. The number of rotatable bonds is 13. The molecule has 0 saturated carbocycles. The van der Waals surface area contributed by atoms with E-state index in [-0.39, 0.29) is 13.2 Å². The number of benzene rings is 2.